The molecule has 0 spiro atoms. The first-order valence-electron chi connectivity index (χ1n) is 7.41. The Morgan fingerprint density at radius 2 is 2.14 bits per heavy atom. The molecule has 0 bridgehead atoms. The summed E-state index contributed by atoms with van der Waals surface area (Å²) in [6.07, 6.45) is 1.14. The minimum atomic E-state index is -0.0437. The lowest BCUT2D eigenvalue weighted by molar-refractivity contribution is -0.123. The van der Waals surface area contributed by atoms with Gasteiger partial charge < -0.3 is 15.5 Å². The second-order valence-corrected chi connectivity index (χ2v) is 6.21. The second-order valence-electron chi connectivity index (χ2n) is 5.36. The normalized spacial score (nSPS) is 12.0. The smallest absolute Gasteiger partial charge is 0.224 e. The number of anilines is 1. The molecule has 5 heteroatoms. The highest BCUT2D eigenvalue weighted by Crippen LogP contribution is 2.27. The van der Waals surface area contributed by atoms with Gasteiger partial charge in [-0.1, -0.05) is 19.9 Å². The largest absolute Gasteiger partial charge is 0.373 e. The van der Waals surface area contributed by atoms with Crippen LogP contribution in [0, 0.1) is 5.92 Å². The van der Waals surface area contributed by atoms with Crippen molar-refractivity contribution >= 4 is 27.5 Å². The van der Waals surface area contributed by atoms with Crippen molar-refractivity contribution in [2.24, 2.45) is 5.92 Å². The molecule has 0 aromatic heterocycles. The predicted molar refractivity (Wildman–Crippen MR) is 92.6 cm³/mol. The number of halogens is 1. The van der Waals surface area contributed by atoms with Crippen LogP contribution in [0.4, 0.5) is 5.69 Å². The minimum absolute atomic E-state index is 0.0437. The number of hydrogen-bond donors (Lipinski definition) is 2. The van der Waals surface area contributed by atoms with Crippen molar-refractivity contribution in [2.45, 2.75) is 26.8 Å². The summed E-state index contributed by atoms with van der Waals surface area (Å²) >= 11 is 3.63. The van der Waals surface area contributed by atoms with Crippen molar-refractivity contribution in [3.05, 3.63) is 28.2 Å². The van der Waals surface area contributed by atoms with Gasteiger partial charge in [-0.15, -0.1) is 0 Å². The molecular formula is C16H26BrN3O. The monoisotopic (exact) mass is 355 g/mol. The first kappa shape index (κ1) is 18.0. The molecule has 0 aliphatic rings. The lowest BCUT2D eigenvalue weighted by atomic mass is 10.1. The zero-order chi connectivity index (χ0) is 15.8. The van der Waals surface area contributed by atoms with Crippen LogP contribution in [0.1, 0.15) is 25.8 Å². The lowest BCUT2D eigenvalue weighted by Gasteiger charge is -2.24. The van der Waals surface area contributed by atoms with Crippen molar-refractivity contribution < 1.29 is 4.79 Å². The van der Waals surface area contributed by atoms with Gasteiger partial charge in [-0.05, 0) is 46.6 Å². The fourth-order valence-corrected chi connectivity index (χ4v) is 2.95. The van der Waals surface area contributed by atoms with E-state index in [4.69, 9.17) is 0 Å². The van der Waals surface area contributed by atoms with Crippen LogP contribution in [-0.2, 0) is 11.3 Å². The summed E-state index contributed by atoms with van der Waals surface area (Å²) in [6.45, 7) is 6.70. The van der Waals surface area contributed by atoms with E-state index in [1.165, 1.54) is 5.56 Å². The number of nitrogens with one attached hydrogen (secondary N) is 2. The first-order valence-corrected chi connectivity index (χ1v) is 8.20. The van der Waals surface area contributed by atoms with Gasteiger partial charge in [0.15, 0.2) is 0 Å². The molecule has 1 aromatic rings. The summed E-state index contributed by atoms with van der Waals surface area (Å²) in [5.74, 6) is 0.0242. The number of nitrogens with zero attached hydrogens (tertiary/aromatic N) is 1. The molecule has 4 nitrogen and oxygen atoms in total. The van der Waals surface area contributed by atoms with E-state index in [9.17, 15) is 4.79 Å². The summed E-state index contributed by atoms with van der Waals surface area (Å²) in [5, 5.41) is 6.08. The van der Waals surface area contributed by atoms with Crippen molar-refractivity contribution in [3.8, 4) is 0 Å². The van der Waals surface area contributed by atoms with Gasteiger partial charge in [-0.2, -0.15) is 0 Å². The van der Waals surface area contributed by atoms with Crippen LogP contribution in [0.15, 0.2) is 22.7 Å². The minimum Gasteiger partial charge on any atom is -0.373 e. The second kappa shape index (κ2) is 9.05. The Labute approximate surface area is 136 Å². The van der Waals surface area contributed by atoms with E-state index in [2.05, 4.69) is 56.6 Å². The van der Waals surface area contributed by atoms with E-state index < -0.39 is 0 Å². The predicted octanol–water partition coefficient (Wildman–Crippen LogP) is 2.77. The molecule has 118 valence electrons. The molecule has 0 heterocycles. The van der Waals surface area contributed by atoms with Crippen LogP contribution in [0.5, 0.6) is 0 Å². The Hall–Kier alpha value is -1.07. The third-order valence-corrected chi connectivity index (χ3v) is 4.06. The number of rotatable bonds is 8. The number of hydrogen-bond acceptors (Lipinski definition) is 3. The van der Waals surface area contributed by atoms with Crippen molar-refractivity contribution in [3.63, 3.8) is 0 Å². The molecule has 0 fully saturated rings. The third kappa shape index (κ3) is 5.67. The molecule has 0 saturated heterocycles. The molecule has 1 rings (SSSR count). The van der Waals surface area contributed by atoms with Gasteiger partial charge in [0.2, 0.25) is 5.91 Å². The number of amides is 1. The van der Waals surface area contributed by atoms with Crippen molar-refractivity contribution in [2.75, 3.05) is 32.1 Å². The highest BCUT2D eigenvalue weighted by atomic mass is 79.9. The zero-order valence-corrected chi connectivity index (χ0v) is 15.0. The maximum Gasteiger partial charge on any atom is 0.224 e. The van der Waals surface area contributed by atoms with E-state index >= 15 is 0 Å². The molecule has 0 radical (unpaired) electrons. The van der Waals surface area contributed by atoms with Gasteiger partial charge in [-0.25, -0.2) is 0 Å². The van der Waals surface area contributed by atoms with Crippen LogP contribution in [0.2, 0.25) is 0 Å². The highest BCUT2D eigenvalue weighted by Gasteiger charge is 2.15. The van der Waals surface area contributed by atoms with Crippen molar-refractivity contribution in [1.82, 2.24) is 10.6 Å². The zero-order valence-electron chi connectivity index (χ0n) is 13.4. The molecule has 21 heavy (non-hydrogen) atoms. The Bertz CT molecular complexity index is 465. The molecule has 0 saturated carbocycles. The summed E-state index contributed by atoms with van der Waals surface area (Å²) in [7, 11) is 3.68. The molecular weight excluding hydrogens is 330 g/mol. The van der Waals surface area contributed by atoms with E-state index in [0.717, 1.165) is 29.7 Å². The summed E-state index contributed by atoms with van der Waals surface area (Å²) in [6, 6.07) is 6.37. The quantitative estimate of drug-likeness (QED) is 0.704. The molecule has 1 aromatic carbocycles. The van der Waals surface area contributed by atoms with Gasteiger partial charge in [0.25, 0.3) is 0 Å². The van der Waals surface area contributed by atoms with E-state index in [-0.39, 0.29) is 11.8 Å². The Morgan fingerprint density at radius 1 is 1.43 bits per heavy atom. The van der Waals surface area contributed by atoms with Gasteiger partial charge in [-0.3, -0.25) is 4.79 Å². The Morgan fingerprint density at radius 3 is 2.71 bits per heavy atom. The Balaban J connectivity index is 2.68. The summed E-state index contributed by atoms with van der Waals surface area (Å²) in [4.78, 5) is 13.7. The first-order chi connectivity index (χ1) is 9.99. The fourth-order valence-electron chi connectivity index (χ4n) is 2.22. The number of benzene rings is 1. The van der Waals surface area contributed by atoms with Gasteiger partial charge in [0.05, 0.1) is 11.6 Å². The molecule has 1 amide bonds. The standard InChI is InChI=1S/C16H26BrN3O/c1-5-8-19-10-13-6-7-15(14(17)9-13)20(4)11-12(2)16(21)18-3/h6-7,9,12,19H,5,8,10-11H2,1-4H3,(H,18,21). The van der Waals surface area contributed by atoms with Crippen LogP contribution in [0.25, 0.3) is 0 Å². The number of carbonyl (C=O) groups excluding carboxylic acids is 1. The van der Waals surface area contributed by atoms with Gasteiger partial charge in [0, 0.05) is 31.7 Å². The average Bonchev–Trinajstić information content (AvgIpc) is 2.46. The van der Waals surface area contributed by atoms with E-state index in [1.807, 2.05) is 14.0 Å². The highest BCUT2D eigenvalue weighted by molar-refractivity contribution is 9.10. The SMILES string of the molecule is CCCNCc1ccc(N(C)CC(C)C(=O)NC)c(Br)c1. The maximum atomic E-state index is 11.6. The van der Waals surface area contributed by atoms with Crippen LogP contribution < -0.4 is 15.5 Å². The molecule has 2 N–H and O–H groups in total. The van der Waals surface area contributed by atoms with Crippen molar-refractivity contribution in [1.29, 1.82) is 0 Å². The van der Waals surface area contributed by atoms with Crippen LogP contribution in [0.3, 0.4) is 0 Å². The third-order valence-electron chi connectivity index (χ3n) is 3.42. The van der Waals surface area contributed by atoms with Crippen LogP contribution >= 0.6 is 15.9 Å². The summed E-state index contributed by atoms with van der Waals surface area (Å²) < 4.78 is 1.06. The molecule has 0 aliphatic heterocycles. The van der Waals surface area contributed by atoms with E-state index in [1.54, 1.807) is 7.05 Å². The Kier molecular flexibility index (Phi) is 7.75. The molecule has 1 atom stereocenters. The topological polar surface area (TPSA) is 44.4 Å². The molecule has 0 aliphatic carbocycles. The number of carbonyl (C=O) groups is 1. The summed E-state index contributed by atoms with van der Waals surface area (Å²) in [5.41, 5.74) is 2.36. The average molecular weight is 356 g/mol. The lowest BCUT2D eigenvalue weighted by Crippen LogP contribution is -2.34. The van der Waals surface area contributed by atoms with Gasteiger partial charge in [0.1, 0.15) is 0 Å². The van der Waals surface area contributed by atoms with Crippen LogP contribution in [-0.4, -0.2) is 33.1 Å². The maximum absolute atomic E-state index is 11.6. The fraction of sp³-hybridized carbons (Fsp3) is 0.562. The molecule has 1 unspecified atom stereocenters. The van der Waals surface area contributed by atoms with E-state index in [0.29, 0.717) is 6.54 Å². The van der Waals surface area contributed by atoms with Gasteiger partial charge >= 0.3 is 0 Å².